The van der Waals surface area contributed by atoms with E-state index in [-0.39, 0.29) is 19.0 Å². The van der Waals surface area contributed by atoms with Gasteiger partial charge in [0.1, 0.15) is 0 Å². The molecule has 0 unspecified atom stereocenters. The number of nitrogens with one attached hydrogen (secondary N) is 1. The van der Waals surface area contributed by atoms with Crippen molar-refractivity contribution in [1.29, 1.82) is 0 Å². The molecule has 6 heteroatoms. The molecule has 1 aromatic rings. The number of para-hydroxylation sites is 1. The molecule has 0 saturated heterocycles. The van der Waals surface area contributed by atoms with Gasteiger partial charge in [-0.15, -0.1) is 0 Å². The van der Waals surface area contributed by atoms with Gasteiger partial charge in [0.2, 0.25) is 0 Å². The molecular formula is C14H22ClN2O3-. The largest absolute Gasteiger partial charge is 1.00 e. The summed E-state index contributed by atoms with van der Waals surface area (Å²) < 4.78 is 10.7. The number of amides is 1. The Hall–Kier alpha value is -1.46. The van der Waals surface area contributed by atoms with Gasteiger partial charge in [0.25, 0.3) is 5.91 Å². The predicted molar refractivity (Wildman–Crippen MR) is 74.3 cm³/mol. The van der Waals surface area contributed by atoms with Crippen LogP contribution in [0, 0.1) is 0 Å². The lowest BCUT2D eigenvalue weighted by Gasteiger charge is -2.14. The molecule has 0 heterocycles. The maximum absolute atomic E-state index is 10.8. The average molecular weight is 302 g/mol. The molecule has 1 rings (SSSR count). The Balaban J connectivity index is 0.00000361. The number of carbonyl (C=O) groups is 1. The summed E-state index contributed by atoms with van der Waals surface area (Å²) in [6.07, 6.45) is 2.28. The third-order valence-corrected chi connectivity index (χ3v) is 2.66. The molecule has 0 saturated carbocycles. The van der Waals surface area contributed by atoms with Gasteiger partial charge >= 0.3 is 0 Å². The molecular weight excluding hydrogens is 280 g/mol. The van der Waals surface area contributed by atoms with Crippen LogP contribution in [-0.4, -0.2) is 26.2 Å². The van der Waals surface area contributed by atoms with Gasteiger partial charge in [-0.3, -0.25) is 4.79 Å². The minimum atomic E-state index is -0.504. The molecule has 114 valence electrons. The van der Waals surface area contributed by atoms with Crippen LogP contribution in [0.4, 0.5) is 0 Å². The van der Waals surface area contributed by atoms with Gasteiger partial charge in [-0.1, -0.05) is 25.5 Å². The first kappa shape index (κ1) is 18.5. The van der Waals surface area contributed by atoms with Crippen molar-refractivity contribution in [3.05, 3.63) is 23.8 Å². The molecule has 1 aromatic carbocycles. The van der Waals surface area contributed by atoms with Crippen LogP contribution in [0.5, 0.6) is 11.5 Å². The Morgan fingerprint density at radius 2 is 2.15 bits per heavy atom. The third-order valence-electron chi connectivity index (χ3n) is 2.66. The molecule has 0 fully saturated rings. The van der Waals surface area contributed by atoms with E-state index in [1.54, 1.807) is 13.2 Å². The predicted octanol–water partition coefficient (Wildman–Crippen LogP) is -1.55. The van der Waals surface area contributed by atoms with Gasteiger partial charge in [0.05, 0.1) is 7.11 Å². The Morgan fingerprint density at radius 3 is 2.75 bits per heavy atom. The summed E-state index contributed by atoms with van der Waals surface area (Å²) in [5.41, 5.74) is 6.06. The number of unbranched alkanes of at least 4 members (excludes halogenated alkanes) is 1. The first-order chi connectivity index (χ1) is 9.19. The number of hydrogen-bond acceptors (Lipinski definition) is 4. The van der Waals surface area contributed by atoms with Gasteiger partial charge in [-0.2, -0.15) is 0 Å². The van der Waals surface area contributed by atoms with Crippen molar-refractivity contribution in [1.82, 2.24) is 5.32 Å². The molecule has 0 radical (unpaired) electrons. The molecule has 5 nitrogen and oxygen atoms in total. The monoisotopic (exact) mass is 301 g/mol. The maximum atomic E-state index is 10.8. The number of rotatable bonds is 9. The van der Waals surface area contributed by atoms with E-state index in [1.807, 2.05) is 12.1 Å². The Labute approximate surface area is 126 Å². The lowest BCUT2D eigenvalue weighted by Crippen LogP contribution is -3.00. The van der Waals surface area contributed by atoms with Crippen molar-refractivity contribution in [2.45, 2.75) is 26.3 Å². The van der Waals surface area contributed by atoms with Crippen LogP contribution in [0.2, 0.25) is 0 Å². The molecule has 0 aliphatic heterocycles. The molecule has 0 bridgehead atoms. The van der Waals surface area contributed by atoms with Crippen LogP contribution in [-0.2, 0) is 11.3 Å². The topological polar surface area (TPSA) is 73.6 Å². The summed E-state index contributed by atoms with van der Waals surface area (Å²) in [7, 11) is 1.57. The molecule has 20 heavy (non-hydrogen) atoms. The van der Waals surface area contributed by atoms with E-state index in [2.05, 4.69) is 12.2 Å². The Morgan fingerprint density at radius 1 is 1.40 bits per heavy atom. The minimum absolute atomic E-state index is 0. The number of nitrogens with two attached hydrogens (primary N) is 1. The van der Waals surface area contributed by atoms with Crippen LogP contribution in [0.1, 0.15) is 25.3 Å². The maximum Gasteiger partial charge on any atom is 0.255 e. The fourth-order valence-electron chi connectivity index (χ4n) is 1.69. The van der Waals surface area contributed by atoms with E-state index in [4.69, 9.17) is 15.2 Å². The summed E-state index contributed by atoms with van der Waals surface area (Å²) in [6.45, 7) is 3.62. The highest BCUT2D eigenvalue weighted by atomic mass is 35.5. The Bertz CT molecular complexity index is 413. The SMILES string of the molecule is CCCCNCc1cccc(OC)c1OCC(N)=O.[Cl-]. The van der Waals surface area contributed by atoms with Crippen molar-refractivity contribution < 1.29 is 26.7 Å². The lowest BCUT2D eigenvalue weighted by atomic mass is 10.2. The van der Waals surface area contributed by atoms with Crippen molar-refractivity contribution in [3.8, 4) is 11.5 Å². The standard InChI is InChI=1S/C14H22N2O3.ClH/c1-3-4-8-16-9-11-6-5-7-12(18-2)14(11)19-10-13(15)17;/h5-7,16H,3-4,8-10H2,1-2H3,(H2,15,17);1H/p-1. The lowest BCUT2D eigenvalue weighted by molar-refractivity contribution is -0.119. The highest BCUT2D eigenvalue weighted by molar-refractivity contribution is 5.75. The van der Waals surface area contributed by atoms with Crippen molar-refractivity contribution in [2.75, 3.05) is 20.3 Å². The zero-order chi connectivity index (χ0) is 14.1. The zero-order valence-electron chi connectivity index (χ0n) is 11.9. The summed E-state index contributed by atoms with van der Waals surface area (Å²) in [5.74, 6) is 0.680. The first-order valence-electron chi connectivity index (χ1n) is 6.46. The molecule has 0 spiro atoms. The normalized spacial score (nSPS) is 9.70. The van der Waals surface area contributed by atoms with Crippen molar-refractivity contribution >= 4 is 5.91 Å². The smallest absolute Gasteiger partial charge is 0.255 e. The number of ether oxygens (including phenoxy) is 2. The van der Waals surface area contributed by atoms with Gasteiger partial charge in [0, 0.05) is 12.1 Å². The molecule has 0 atom stereocenters. The number of primary amides is 1. The number of hydrogen-bond donors (Lipinski definition) is 2. The van der Waals surface area contributed by atoms with Crippen LogP contribution >= 0.6 is 0 Å². The van der Waals surface area contributed by atoms with E-state index in [9.17, 15) is 4.79 Å². The summed E-state index contributed by atoms with van der Waals surface area (Å²) in [6, 6.07) is 5.64. The highest BCUT2D eigenvalue weighted by Crippen LogP contribution is 2.30. The van der Waals surface area contributed by atoms with E-state index in [1.165, 1.54) is 0 Å². The van der Waals surface area contributed by atoms with E-state index in [0.29, 0.717) is 18.0 Å². The zero-order valence-corrected chi connectivity index (χ0v) is 12.7. The van der Waals surface area contributed by atoms with Crippen LogP contribution in [0.3, 0.4) is 0 Å². The van der Waals surface area contributed by atoms with Crippen molar-refractivity contribution in [2.24, 2.45) is 5.73 Å². The number of halogens is 1. The van der Waals surface area contributed by atoms with Crippen LogP contribution < -0.4 is 32.9 Å². The minimum Gasteiger partial charge on any atom is -1.00 e. The van der Waals surface area contributed by atoms with Crippen molar-refractivity contribution in [3.63, 3.8) is 0 Å². The van der Waals surface area contributed by atoms with Crippen LogP contribution in [0.25, 0.3) is 0 Å². The highest BCUT2D eigenvalue weighted by Gasteiger charge is 2.11. The second-order valence-corrected chi connectivity index (χ2v) is 4.23. The molecule has 0 aliphatic carbocycles. The van der Waals surface area contributed by atoms with Crippen LogP contribution in [0.15, 0.2) is 18.2 Å². The number of carbonyl (C=O) groups excluding carboxylic acids is 1. The molecule has 1 amide bonds. The second kappa shape index (κ2) is 10.3. The van der Waals surface area contributed by atoms with Gasteiger partial charge in [0.15, 0.2) is 18.1 Å². The fraction of sp³-hybridized carbons (Fsp3) is 0.500. The third kappa shape index (κ3) is 6.12. The second-order valence-electron chi connectivity index (χ2n) is 4.23. The number of methoxy groups -OCH3 is 1. The molecule has 0 aromatic heterocycles. The van der Waals surface area contributed by atoms with Gasteiger partial charge in [-0.05, 0) is 19.0 Å². The Kier molecular flexibility index (Phi) is 9.59. The first-order valence-corrected chi connectivity index (χ1v) is 6.46. The molecule has 3 N–H and O–H groups in total. The van der Waals surface area contributed by atoms with E-state index >= 15 is 0 Å². The summed E-state index contributed by atoms with van der Waals surface area (Å²) in [5, 5.41) is 3.33. The van der Waals surface area contributed by atoms with Gasteiger partial charge < -0.3 is 32.9 Å². The van der Waals surface area contributed by atoms with E-state index < -0.39 is 5.91 Å². The summed E-state index contributed by atoms with van der Waals surface area (Å²) in [4.78, 5) is 10.8. The average Bonchev–Trinajstić information content (AvgIpc) is 2.41. The van der Waals surface area contributed by atoms with Gasteiger partial charge in [-0.25, -0.2) is 0 Å². The number of benzene rings is 1. The van der Waals surface area contributed by atoms with E-state index in [0.717, 1.165) is 24.9 Å². The summed E-state index contributed by atoms with van der Waals surface area (Å²) >= 11 is 0. The quantitative estimate of drug-likeness (QED) is 0.542. The molecule has 0 aliphatic rings. The fourth-order valence-corrected chi connectivity index (χ4v) is 1.69.